The third-order valence-electron chi connectivity index (χ3n) is 11.4. The molecule has 0 radical (unpaired) electrons. The van der Waals surface area contributed by atoms with Crippen molar-refractivity contribution in [3.05, 3.63) is 11.9 Å². The zero-order valence-electron chi connectivity index (χ0n) is 36.2. The first-order chi connectivity index (χ1) is 28.8. The number of aliphatic hydroxyl groups excluding tert-OH is 3. The van der Waals surface area contributed by atoms with Gasteiger partial charge in [0.15, 0.2) is 0 Å². The van der Waals surface area contributed by atoms with Crippen LogP contribution in [0, 0.1) is 17.8 Å². The van der Waals surface area contributed by atoms with Crippen molar-refractivity contribution in [2.24, 2.45) is 17.8 Å². The predicted molar refractivity (Wildman–Crippen MR) is 212 cm³/mol. The van der Waals surface area contributed by atoms with Crippen LogP contribution in [0.1, 0.15) is 53.2 Å². The smallest absolute Gasteiger partial charge is 0.394 e. The lowest BCUT2D eigenvalue weighted by atomic mass is 9.86. The van der Waals surface area contributed by atoms with Crippen molar-refractivity contribution in [3.63, 3.8) is 0 Å². The maximum atomic E-state index is 14.2. The van der Waals surface area contributed by atoms with Crippen molar-refractivity contribution in [3.8, 4) is 0 Å². The van der Waals surface area contributed by atoms with Crippen molar-refractivity contribution < 1.29 is 80.9 Å². The van der Waals surface area contributed by atoms with Gasteiger partial charge in [0.2, 0.25) is 0 Å². The molecule has 0 spiro atoms. The summed E-state index contributed by atoms with van der Waals surface area (Å²) in [4.78, 5) is 12.4. The second-order valence-electron chi connectivity index (χ2n) is 15.7. The number of carbonyl (C=O) groups is 1. The quantitative estimate of drug-likeness (QED) is 0.0731. The number of aliphatic hydroxyl groups is 3. The average Bonchev–Trinajstić information content (AvgIpc) is 3.88. The zero-order chi connectivity index (χ0) is 43.7. The number of ether oxygens (including phenoxy) is 9. The number of phosphoric acid groups is 1. The lowest BCUT2D eigenvalue weighted by Crippen LogP contribution is -2.55. The van der Waals surface area contributed by atoms with Gasteiger partial charge >= 0.3 is 7.82 Å². The molecule has 20 nitrogen and oxygen atoms in total. The molecule has 3 saturated heterocycles. The van der Waals surface area contributed by atoms with Crippen molar-refractivity contribution in [2.45, 2.75) is 121 Å². The highest BCUT2D eigenvalue weighted by molar-refractivity contribution is 7.48. The summed E-state index contributed by atoms with van der Waals surface area (Å²) >= 11 is 0. The highest BCUT2D eigenvalue weighted by Gasteiger charge is 2.47. The Labute approximate surface area is 353 Å². The van der Waals surface area contributed by atoms with E-state index in [0.717, 1.165) is 0 Å². The van der Waals surface area contributed by atoms with Gasteiger partial charge in [-0.1, -0.05) is 26.0 Å². The molecule has 3 fully saturated rings. The second-order valence-corrected chi connectivity index (χ2v) is 17.3. The first kappa shape index (κ1) is 51.1. The van der Waals surface area contributed by atoms with Gasteiger partial charge in [-0.25, -0.2) is 9.25 Å². The lowest BCUT2D eigenvalue weighted by Gasteiger charge is -2.41. The number of ketones is 1. The van der Waals surface area contributed by atoms with Gasteiger partial charge in [-0.2, -0.15) is 0 Å². The van der Waals surface area contributed by atoms with E-state index in [0.29, 0.717) is 64.9 Å². The van der Waals surface area contributed by atoms with E-state index >= 15 is 0 Å². The van der Waals surface area contributed by atoms with Crippen LogP contribution in [-0.2, 0) is 78.5 Å². The van der Waals surface area contributed by atoms with E-state index in [1.165, 1.54) is 0 Å². The fraction of sp³-hybridized carbons (Fsp3) is 0.923. The van der Waals surface area contributed by atoms with Gasteiger partial charge in [-0.15, -0.1) is 5.10 Å². The molecular formula is C39H70N3O17P. The summed E-state index contributed by atoms with van der Waals surface area (Å²) in [6.45, 7) is 12.7. The topological polar surface area (TPSA) is 236 Å². The highest BCUT2D eigenvalue weighted by Crippen LogP contribution is 2.54. The number of methoxy groups -OCH3 is 2. The van der Waals surface area contributed by atoms with Crippen molar-refractivity contribution in [1.82, 2.24) is 15.0 Å². The van der Waals surface area contributed by atoms with Crippen LogP contribution in [0.25, 0.3) is 0 Å². The lowest BCUT2D eigenvalue weighted by molar-refractivity contribution is -0.206. The Morgan fingerprint density at radius 1 is 0.733 bits per heavy atom. The molecule has 1 aromatic heterocycles. The molecule has 21 heteroatoms. The molecule has 348 valence electrons. The van der Waals surface area contributed by atoms with Crippen LogP contribution in [0.2, 0.25) is 0 Å². The highest BCUT2D eigenvalue weighted by atomic mass is 31.2. The monoisotopic (exact) mass is 883 g/mol. The average molecular weight is 884 g/mol. The Bertz CT molecular complexity index is 1410. The number of hydrogen-bond acceptors (Lipinski definition) is 19. The van der Waals surface area contributed by atoms with Gasteiger partial charge in [0, 0.05) is 57.4 Å². The molecule has 3 aliphatic heterocycles. The minimum atomic E-state index is -4.11. The predicted octanol–water partition coefficient (Wildman–Crippen LogP) is 1.39. The Morgan fingerprint density at radius 2 is 1.33 bits per heavy atom. The molecule has 3 aliphatic rings. The SMILES string of the molecule is COCC1OC(C)C(C)C1OP(=O)(OCCc1cn(CCOCCOCCOCCOCCC(=O)CC2OC(CO)C(O)C(O)C2C)nn1)OCC1OC(C)C(C)C1OC. The van der Waals surface area contributed by atoms with Gasteiger partial charge in [0.05, 0.1) is 122 Å². The van der Waals surface area contributed by atoms with E-state index in [9.17, 15) is 24.7 Å². The summed E-state index contributed by atoms with van der Waals surface area (Å²) in [6, 6.07) is 0. The van der Waals surface area contributed by atoms with Gasteiger partial charge in [0.1, 0.15) is 36.3 Å². The molecule has 0 saturated carbocycles. The Kier molecular flexibility index (Phi) is 22.4. The zero-order valence-corrected chi connectivity index (χ0v) is 37.1. The molecule has 4 heterocycles. The maximum absolute atomic E-state index is 14.2. The van der Waals surface area contributed by atoms with E-state index in [4.69, 9.17) is 56.2 Å². The number of phosphoric ester groups is 1. The van der Waals surface area contributed by atoms with Crippen LogP contribution in [0.4, 0.5) is 0 Å². The van der Waals surface area contributed by atoms with Crippen LogP contribution in [-0.4, -0.2) is 191 Å². The minimum Gasteiger partial charge on any atom is -0.394 e. The normalized spacial score (nSPS) is 33.1. The van der Waals surface area contributed by atoms with E-state index in [1.54, 1.807) is 32.0 Å². The third kappa shape index (κ3) is 15.6. The fourth-order valence-electron chi connectivity index (χ4n) is 7.36. The van der Waals surface area contributed by atoms with Gasteiger partial charge in [-0.3, -0.25) is 18.4 Å². The van der Waals surface area contributed by atoms with Gasteiger partial charge in [0.25, 0.3) is 0 Å². The maximum Gasteiger partial charge on any atom is 0.475 e. The number of hydrogen-bond donors (Lipinski definition) is 3. The molecule has 4 rings (SSSR count). The van der Waals surface area contributed by atoms with Crippen LogP contribution >= 0.6 is 7.82 Å². The van der Waals surface area contributed by atoms with Crippen LogP contribution < -0.4 is 0 Å². The van der Waals surface area contributed by atoms with Crippen molar-refractivity contribution in [1.29, 1.82) is 0 Å². The molecule has 0 aliphatic carbocycles. The second kappa shape index (κ2) is 26.3. The van der Waals surface area contributed by atoms with Crippen LogP contribution in [0.15, 0.2) is 6.20 Å². The number of Topliss-reactive ketones (excluding diaryl/α,β-unsaturated/α-hetero) is 1. The third-order valence-corrected chi connectivity index (χ3v) is 12.9. The molecule has 0 amide bonds. The van der Waals surface area contributed by atoms with E-state index in [-0.39, 0.29) is 75.2 Å². The molecule has 14 atom stereocenters. The molecule has 0 bridgehead atoms. The summed E-state index contributed by atoms with van der Waals surface area (Å²) in [6.07, 6.45) is -3.30. The van der Waals surface area contributed by atoms with E-state index in [2.05, 4.69) is 10.3 Å². The summed E-state index contributed by atoms with van der Waals surface area (Å²) in [5.41, 5.74) is 0.634. The molecule has 3 N–H and O–H groups in total. The Balaban J connectivity index is 1.05. The van der Waals surface area contributed by atoms with E-state index < -0.39 is 63.1 Å². The van der Waals surface area contributed by atoms with Gasteiger partial charge < -0.3 is 58.0 Å². The molecule has 14 unspecified atom stereocenters. The molecule has 1 aromatic rings. The number of rotatable bonds is 30. The molecule has 60 heavy (non-hydrogen) atoms. The Morgan fingerprint density at radius 3 is 1.95 bits per heavy atom. The summed E-state index contributed by atoms with van der Waals surface area (Å²) < 4.78 is 84.6. The molecule has 0 aromatic carbocycles. The molecular weight excluding hydrogens is 813 g/mol. The van der Waals surface area contributed by atoms with Gasteiger partial charge in [-0.05, 0) is 13.8 Å². The fourth-order valence-corrected chi connectivity index (χ4v) is 8.83. The first-order valence-electron chi connectivity index (χ1n) is 21.0. The van der Waals surface area contributed by atoms with Crippen molar-refractivity contribution >= 4 is 13.6 Å². The van der Waals surface area contributed by atoms with Crippen molar-refractivity contribution in [2.75, 3.05) is 93.5 Å². The standard InChI is InChI=1S/C39H70N3O17P/c1-25-28(4)57-35(38(25)49-7)24-55-60(47,59-39-26(2)29(5)56-34(39)23-48-6)54-12-8-30-21-42(41-40-30)10-13-51-15-17-53-19-18-52-16-14-50-11-9-31(44)20-32-27(3)36(45)37(46)33(22-43)58-32/h21,25-29,32-39,43,45-46H,8-20,22-24H2,1-7H3. The van der Waals surface area contributed by atoms with Crippen LogP contribution in [0.3, 0.4) is 0 Å². The largest absolute Gasteiger partial charge is 0.475 e. The minimum absolute atomic E-state index is 0.00417. The number of carbonyl (C=O) groups excluding carboxylic acids is 1. The summed E-state index contributed by atoms with van der Waals surface area (Å²) in [5.74, 6) is -0.492. The number of nitrogens with zero attached hydrogens (tertiary/aromatic N) is 3. The Hall–Kier alpha value is -1.56. The van der Waals surface area contributed by atoms with Crippen LogP contribution in [0.5, 0.6) is 0 Å². The first-order valence-corrected chi connectivity index (χ1v) is 22.5. The summed E-state index contributed by atoms with van der Waals surface area (Å²) in [7, 11) is -0.916. The summed E-state index contributed by atoms with van der Waals surface area (Å²) in [5, 5.41) is 37.9. The van der Waals surface area contributed by atoms with E-state index in [1.807, 2.05) is 27.7 Å². The number of aromatic nitrogens is 3.